The van der Waals surface area contributed by atoms with Crippen molar-refractivity contribution in [2.24, 2.45) is 5.92 Å². The predicted octanol–water partition coefficient (Wildman–Crippen LogP) is -0.526. The van der Waals surface area contributed by atoms with Crippen LogP contribution in [0.25, 0.3) is 0 Å². The molecule has 3 nitrogen and oxygen atoms in total. The van der Waals surface area contributed by atoms with Crippen molar-refractivity contribution >= 4 is 20.0 Å². The molecule has 66 valence electrons. The lowest BCUT2D eigenvalue weighted by atomic mass is 10.0. The van der Waals surface area contributed by atoms with Gasteiger partial charge >= 0.3 is 0 Å². The zero-order valence-electron chi connectivity index (χ0n) is 7.62. The Bertz CT molecular complexity index is 195. The zero-order chi connectivity index (χ0) is 9.14. The van der Waals surface area contributed by atoms with Crippen LogP contribution in [0.4, 0.5) is 0 Å². The molecule has 0 bridgehead atoms. The van der Waals surface area contributed by atoms with Gasteiger partial charge in [0.2, 0.25) is 5.91 Å². The number of nitrogens with zero attached hydrogens (tertiary/aromatic N) is 1. The SMILES string of the molecule is BCCN1C(=O)CC(C)C1C=O. The van der Waals surface area contributed by atoms with Gasteiger partial charge in [-0.05, 0) is 5.92 Å². The third-order valence-corrected chi connectivity index (χ3v) is 2.36. The first kappa shape index (κ1) is 9.29. The van der Waals surface area contributed by atoms with E-state index in [1.165, 1.54) is 0 Å². The lowest BCUT2D eigenvalue weighted by Gasteiger charge is -2.21. The molecule has 0 N–H and O–H groups in total. The van der Waals surface area contributed by atoms with Crippen LogP contribution in [0.3, 0.4) is 0 Å². The number of likely N-dealkylation sites (tertiary alicyclic amines) is 1. The van der Waals surface area contributed by atoms with Gasteiger partial charge in [-0.25, -0.2) is 0 Å². The maximum atomic E-state index is 11.3. The molecule has 1 saturated heterocycles. The highest BCUT2D eigenvalue weighted by atomic mass is 16.2. The molecule has 4 heteroatoms. The minimum atomic E-state index is -0.169. The van der Waals surface area contributed by atoms with Crippen LogP contribution in [0, 0.1) is 5.92 Å². The molecule has 1 amide bonds. The van der Waals surface area contributed by atoms with Crippen molar-refractivity contribution in [3.05, 3.63) is 0 Å². The van der Waals surface area contributed by atoms with E-state index >= 15 is 0 Å². The second-order valence-corrected chi connectivity index (χ2v) is 3.40. The number of hydrogen-bond acceptors (Lipinski definition) is 2. The van der Waals surface area contributed by atoms with Crippen molar-refractivity contribution in [3.8, 4) is 0 Å². The first-order chi connectivity index (χ1) is 5.70. The summed E-state index contributed by atoms with van der Waals surface area (Å²) >= 11 is 0. The summed E-state index contributed by atoms with van der Waals surface area (Å²) in [6.07, 6.45) is 2.34. The van der Waals surface area contributed by atoms with Crippen molar-refractivity contribution in [2.45, 2.75) is 25.7 Å². The molecule has 0 radical (unpaired) electrons. The maximum absolute atomic E-state index is 11.3. The van der Waals surface area contributed by atoms with E-state index in [0.29, 0.717) is 13.0 Å². The van der Waals surface area contributed by atoms with E-state index in [9.17, 15) is 9.59 Å². The maximum Gasteiger partial charge on any atom is 0.223 e. The van der Waals surface area contributed by atoms with E-state index in [-0.39, 0.29) is 17.9 Å². The average molecular weight is 167 g/mol. The summed E-state index contributed by atoms with van der Waals surface area (Å²) in [6.45, 7) is 2.67. The summed E-state index contributed by atoms with van der Waals surface area (Å²) < 4.78 is 0. The molecular weight excluding hydrogens is 153 g/mol. The molecule has 0 aromatic carbocycles. The number of rotatable bonds is 3. The van der Waals surface area contributed by atoms with E-state index in [0.717, 1.165) is 12.6 Å². The number of carbonyl (C=O) groups excluding carboxylic acids is 2. The van der Waals surface area contributed by atoms with Gasteiger partial charge < -0.3 is 9.69 Å². The second kappa shape index (κ2) is 3.74. The molecule has 0 saturated carbocycles. The molecule has 0 spiro atoms. The van der Waals surface area contributed by atoms with Gasteiger partial charge in [0, 0.05) is 13.0 Å². The Balaban J connectivity index is 2.67. The van der Waals surface area contributed by atoms with Crippen LogP contribution in [0.1, 0.15) is 13.3 Å². The average Bonchev–Trinajstić information content (AvgIpc) is 2.28. The van der Waals surface area contributed by atoms with Gasteiger partial charge in [0.05, 0.1) is 6.04 Å². The fourth-order valence-electron chi connectivity index (χ4n) is 1.71. The third-order valence-electron chi connectivity index (χ3n) is 2.36. The van der Waals surface area contributed by atoms with E-state index in [2.05, 4.69) is 0 Å². The molecule has 1 aliphatic heterocycles. The van der Waals surface area contributed by atoms with E-state index in [4.69, 9.17) is 0 Å². The summed E-state index contributed by atoms with van der Waals surface area (Å²) in [6, 6.07) is -0.169. The van der Waals surface area contributed by atoms with Crippen LogP contribution in [-0.4, -0.2) is 37.5 Å². The minimum absolute atomic E-state index is 0.126. The summed E-state index contributed by atoms with van der Waals surface area (Å²) in [4.78, 5) is 23.7. The van der Waals surface area contributed by atoms with Gasteiger partial charge in [-0.1, -0.05) is 13.2 Å². The summed E-state index contributed by atoms with van der Waals surface area (Å²) in [7, 11) is 2.01. The second-order valence-electron chi connectivity index (χ2n) is 3.40. The lowest BCUT2D eigenvalue weighted by Crippen LogP contribution is -2.36. The van der Waals surface area contributed by atoms with Crippen molar-refractivity contribution < 1.29 is 9.59 Å². The fourth-order valence-corrected chi connectivity index (χ4v) is 1.71. The Kier molecular flexibility index (Phi) is 2.90. The van der Waals surface area contributed by atoms with Crippen molar-refractivity contribution in [1.82, 2.24) is 4.90 Å². The van der Waals surface area contributed by atoms with Crippen LogP contribution in [0.2, 0.25) is 6.32 Å². The predicted molar refractivity (Wildman–Crippen MR) is 48.7 cm³/mol. The molecule has 1 heterocycles. The zero-order valence-corrected chi connectivity index (χ0v) is 7.62. The summed E-state index contributed by atoms with van der Waals surface area (Å²) in [5, 5.41) is 0. The highest BCUT2D eigenvalue weighted by molar-refractivity contribution is 6.08. The van der Waals surface area contributed by atoms with E-state index in [1.54, 1.807) is 4.90 Å². The largest absolute Gasteiger partial charge is 0.333 e. The van der Waals surface area contributed by atoms with Crippen LogP contribution >= 0.6 is 0 Å². The smallest absolute Gasteiger partial charge is 0.223 e. The Morgan fingerprint density at radius 1 is 1.75 bits per heavy atom. The summed E-state index contributed by atoms with van der Waals surface area (Å²) in [5.74, 6) is 0.322. The fraction of sp³-hybridized carbons (Fsp3) is 0.750. The Labute approximate surface area is 73.5 Å². The van der Waals surface area contributed by atoms with Crippen molar-refractivity contribution in [2.75, 3.05) is 6.54 Å². The minimum Gasteiger partial charge on any atom is -0.333 e. The lowest BCUT2D eigenvalue weighted by molar-refractivity contribution is -0.130. The van der Waals surface area contributed by atoms with Crippen LogP contribution in [-0.2, 0) is 9.59 Å². The van der Waals surface area contributed by atoms with Gasteiger partial charge in [0.1, 0.15) is 14.1 Å². The molecule has 0 aromatic heterocycles. The first-order valence-corrected chi connectivity index (χ1v) is 4.45. The van der Waals surface area contributed by atoms with Gasteiger partial charge in [0.25, 0.3) is 0 Å². The number of amides is 1. The van der Waals surface area contributed by atoms with Crippen LogP contribution in [0.5, 0.6) is 0 Å². The molecule has 1 rings (SSSR count). The monoisotopic (exact) mass is 167 g/mol. The van der Waals surface area contributed by atoms with Gasteiger partial charge in [-0.15, -0.1) is 0 Å². The quantitative estimate of drug-likeness (QED) is 0.418. The summed E-state index contributed by atoms with van der Waals surface area (Å²) in [5.41, 5.74) is 0. The molecule has 12 heavy (non-hydrogen) atoms. The van der Waals surface area contributed by atoms with Crippen molar-refractivity contribution in [3.63, 3.8) is 0 Å². The number of hydrogen-bond donors (Lipinski definition) is 0. The third kappa shape index (κ3) is 1.52. The Morgan fingerprint density at radius 2 is 2.42 bits per heavy atom. The van der Waals surface area contributed by atoms with Crippen LogP contribution in [0.15, 0.2) is 0 Å². The molecule has 2 atom stereocenters. The molecule has 0 aromatic rings. The molecular formula is C8H14BNO2. The van der Waals surface area contributed by atoms with E-state index in [1.807, 2.05) is 14.8 Å². The molecule has 2 unspecified atom stereocenters. The topological polar surface area (TPSA) is 37.4 Å². The number of carbonyl (C=O) groups is 2. The standard InChI is InChI=1S/C8H14BNO2/c1-6-4-8(12)10(3-2-9)7(6)5-11/h5-7H,2-4,9H2,1H3. The van der Waals surface area contributed by atoms with Gasteiger partial charge in [-0.3, -0.25) is 4.79 Å². The highest BCUT2D eigenvalue weighted by Crippen LogP contribution is 2.23. The van der Waals surface area contributed by atoms with Crippen LogP contribution < -0.4 is 0 Å². The Morgan fingerprint density at radius 3 is 2.92 bits per heavy atom. The Hall–Kier alpha value is -0.795. The van der Waals surface area contributed by atoms with E-state index < -0.39 is 0 Å². The highest BCUT2D eigenvalue weighted by Gasteiger charge is 2.35. The first-order valence-electron chi connectivity index (χ1n) is 4.45. The van der Waals surface area contributed by atoms with Gasteiger partial charge in [0.15, 0.2) is 0 Å². The van der Waals surface area contributed by atoms with Gasteiger partial charge in [-0.2, -0.15) is 0 Å². The normalized spacial score (nSPS) is 29.4. The van der Waals surface area contributed by atoms with Crippen molar-refractivity contribution in [1.29, 1.82) is 0 Å². The molecule has 1 fully saturated rings. The number of aldehydes is 1. The molecule has 1 aliphatic rings. The molecule has 0 aliphatic carbocycles.